The quantitative estimate of drug-likeness (QED) is 0.603. The van der Waals surface area contributed by atoms with Gasteiger partial charge in [-0.3, -0.25) is 4.79 Å². The first kappa shape index (κ1) is 10.5. The molecule has 0 aromatic carbocycles. The highest BCUT2D eigenvalue weighted by Gasteiger charge is 2.42. The van der Waals surface area contributed by atoms with Crippen molar-refractivity contribution in [1.29, 1.82) is 0 Å². The monoisotopic (exact) mass is 186 g/mol. The van der Waals surface area contributed by atoms with Crippen molar-refractivity contribution in [2.45, 2.75) is 26.4 Å². The zero-order valence-corrected chi connectivity index (χ0v) is 8.52. The number of nitrogens with two attached hydrogens (primary N) is 1. The van der Waals surface area contributed by atoms with Gasteiger partial charge in [-0.2, -0.15) is 0 Å². The Morgan fingerprint density at radius 1 is 1.62 bits per heavy atom. The minimum absolute atomic E-state index is 0.151. The summed E-state index contributed by atoms with van der Waals surface area (Å²) in [6, 6.07) is 0. The van der Waals surface area contributed by atoms with Gasteiger partial charge in [0.05, 0.1) is 5.41 Å². The maximum atomic E-state index is 11.6. The van der Waals surface area contributed by atoms with Crippen molar-refractivity contribution in [2.75, 3.05) is 19.6 Å². The number of ether oxygens (including phenoxy) is 1. The van der Waals surface area contributed by atoms with Crippen LogP contribution in [-0.4, -0.2) is 31.2 Å². The fourth-order valence-electron chi connectivity index (χ4n) is 1.06. The number of hydrogen-bond donors (Lipinski definition) is 2. The SMILES string of the molecule is CC(C)(CN)OC(=O)C1(C)CNC1. The van der Waals surface area contributed by atoms with Crippen LogP contribution in [0.2, 0.25) is 0 Å². The molecule has 1 saturated heterocycles. The molecule has 13 heavy (non-hydrogen) atoms. The number of esters is 1. The van der Waals surface area contributed by atoms with E-state index in [2.05, 4.69) is 5.32 Å². The molecule has 1 heterocycles. The van der Waals surface area contributed by atoms with E-state index >= 15 is 0 Å². The standard InChI is InChI=1S/C9H18N2O2/c1-8(2,4-10)13-7(12)9(3)5-11-6-9/h11H,4-6,10H2,1-3H3. The molecule has 0 atom stereocenters. The van der Waals surface area contributed by atoms with Gasteiger partial charge < -0.3 is 15.8 Å². The van der Waals surface area contributed by atoms with Crippen molar-refractivity contribution in [3.05, 3.63) is 0 Å². The molecule has 0 aromatic heterocycles. The van der Waals surface area contributed by atoms with E-state index < -0.39 is 5.60 Å². The molecule has 4 nitrogen and oxygen atoms in total. The predicted octanol–water partition coefficient (Wildman–Crippen LogP) is -0.124. The number of carbonyl (C=O) groups is 1. The minimum atomic E-state index is -0.546. The maximum Gasteiger partial charge on any atom is 0.314 e. The molecule has 0 saturated carbocycles. The van der Waals surface area contributed by atoms with E-state index in [4.69, 9.17) is 10.5 Å². The third-order valence-corrected chi connectivity index (χ3v) is 2.38. The molecule has 1 aliphatic heterocycles. The minimum Gasteiger partial charge on any atom is -0.458 e. The van der Waals surface area contributed by atoms with Crippen molar-refractivity contribution in [3.8, 4) is 0 Å². The average molecular weight is 186 g/mol. The van der Waals surface area contributed by atoms with Crippen LogP contribution in [0.4, 0.5) is 0 Å². The zero-order valence-electron chi connectivity index (χ0n) is 8.52. The maximum absolute atomic E-state index is 11.6. The molecule has 1 fully saturated rings. The van der Waals surface area contributed by atoms with Crippen LogP contribution in [0.5, 0.6) is 0 Å². The van der Waals surface area contributed by atoms with Crippen molar-refractivity contribution < 1.29 is 9.53 Å². The van der Waals surface area contributed by atoms with Crippen LogP contribution < -0.4 is 11.1 Å². The summed E-state index contributed by atoms with van der Waals surface area (Å²) in [6.07, 6.45) is 0. The predicted molar refractivity (Wildman–Crippen MR) is 50.2 cm³/mol. The van der Waals surface area contributed by atoms with Gasteiger partial charge in [0.25, 0.3) is 0 Å². The van der Waals surface area contributed by atoms with E-state index in [-0.39, 0.29) is 11.4 Å². The second-order valence-electron chi connectivity index (χ2n) is 4.52. The van der Waals surface area contributed by atoms with E-state index in [1.54, 1.807) is 0 Å². The van der Waals surface area contributed by atoms with Crippen molar-refractivity contribution >= 4 is 5.97 Å². The smallest absolute Gasteiger partial charge is 0.314 e. The second-order valence-corrected chi connectivity index (χ2v) is 4.52. The summed E-state index contributed by atoms with van der Waals surface area (Å²) >= 11 is 0. The number of rotatable bonds is 3. The average Bonchev–Trinajstić information content (AvgIpc) is 1.99. The lowest BCUT2D eigenvalue weighted by atomic mass is 9.84. The summed E-state index contributed by atoms with van der Waals surface area (Å²) in [5.41, 5.74) is 4.58. The fraction of sp³-hybridized carbons (Fsp3) is 0.889. The lowest BCUT2D eigenvalue weighted by molar-refractivity contribution is -0.170. The molecule has 76 valence electrons. The van der Waals surface area contributed by atoms with Crippen molar-refractivity contribution in [2.24, 2.45) is 11.1 Å². The Bertz CT molecular complexity index is 210. The zero-order chi connectivity index (χ0) is 10.1. The molecule has 0 aromatic rings. The van der Waals surface area contributed by atoms with Crippen LogP contribution in [0, 0.1) is 5.41 Å². The molecule has 3 N–H and O–H groups in total. The van der Waals surface area contributed by atoms with Gasteiger partial charge in [-0.15, -0.1) is 0 Å². The first-order chi connectivity index (χ1) is 5.90. The van der Waals surface area contributed by atoms with Crippen LogP contribution in [0.1, 0.15) is 20.8 Å². The third kappa shape index (κ3) is 2.19. The summed E-state index contributed by atoms with van der Waals surface area (Å²) in [6.45, 7) is 7.29. The summed E-state index contributed by atoms with van der Waals surface area (Å²) in [5.74, 6) is -0.151. The van der Waals surface area contributed by atoms with Gasteiger partial charge >= 0.3 is 5.97 Å². The first-order valence-electron chi connectivity index (χ1n) is 4.54. The van der Waals surface area contributed by atoms with Crippen LogP contribution in [0.15, 0.2) is 0 Å². The molecule has 0 amide bonds. The fourth-order valence-corrected chi connectivity index (χ4v) is 1.06. The summed E-state index contributed by atoms with van der Waals surface area (Å²) < 4.78 is 5.29. The first-order valence-corrected chi connectivity index (χ1v) is 4.54. The molecule has 0 aliphatic carbocycles. The Balaban J connectivity index is 2.50. The molecular weight excluding hydrogens is 168 g/mol. The van der Waals surface area contributed by atoms with E-state index in [9.17, 15) is 4.79 Å². The van der Waals surface area contributed by atoms with Crippen LogP contribution >= 0.6 is 0 Å². The van der Waals surface area contributed by atoms with Gasteiger partial charge in [-0.1, -0.05) is 0 Å². The lowest BCUT2D eigenvalue weighted by Gasteiger charge is -2.39. The molecule has 0 spiro atoms. The number of carbonyl (C=O) groups excluding carboxylic acids is 1. The van der Waals surface area contributed by atoms with Gasteiger partial charge in [0, 0.05) is 19.6 Å². The second kappa shape index (κ2) is 3.27. The largest absolute Gasteiger partial charge is 0.458 e. The Hall–Kier alpha value is -0.610. The molecule has 4 heteroatoms. The van der Waals surface area contributed by atoms with Gasteiger partial charge in [0.2, 0.25) is 0 Å². The topological polar surface area (TPSA) is 64.3 Å². The lowest BCUT2D eigenvalue weighted by Crippen LogP contribution is -2.58. The highest BCUT2D eigenvalue weighted by atomic mass is 16.6. The normalized spacial score (nSPS) is 20.6. The molecule has 0 bridgehead atoms. The Kier molecular flexibility index (Phi) is 2.63. The van der Waals surface area contributed by atoms with Gasteiger partial charge in [-0.05, 0) is 20.8 Å². The molecular formula is C9H18N2O2. The van der Waals surface area contributed by atoms with E-state index in [1.807, 2.05) is 20.8 Å². The van der Waals surface area contributed by atoms with Crippen molar-refractivity contribution in [1.82, 2.24) is 5.32 Å². The van der Waals surface area contributed by atoms with Crippen molar-refractivity contribution in [3.63, 3.8) is 0 Å². The Morgan fingerprint density at radius 3 is 2.46 bits per heavy atom. The van der Waals surface area contributed by atoms with Gasteiger partial charge in [-0.25, -0.2) is 0 Å². The van der Waals surface area contributed by atoms with Gasteiger partial charge in [0.15, 0.2) is 0 Å². The Morgan fingerprint density at radius 2 is 2.15 bits per heavy atom. The van der Waals surface area contributed by atoms with Crippen LogP contribution in [0.3, 0.4) is 0 Å². The van der Waals surface area contributed by atoms with E-state index in [1.165, 1.54) is 0 Å². The number of nitrogens with one attached hydrogen (secondary N) is 1. The summed E-state index contributed by atoms with van der Waals surface area (Å²) in [5, 5.41) is 3.05. The highest BCUT2D eigenvalue weighted by molar-refractivity contribution is 5.78. The molecule has 1 aliphatic rings. The number of hydrogen-bond acceptors (Lipinski definition) is 4. The van der Waals surface area contributed by atoms with E-state index in [0.29, 0.717) is 19.6 Å². The summed E-state index contributed by atoms with van der Waals surface area (Å²) in [4.78, 5) is 11.6. The summed E-state index contributed by atoms with van der Waals surface area (Å²) in [7, 11) is 0. The highest BCUT2D eigenvalue weighted by Crippen LogP contribution is 2.25. The van der Waals surface area contributed by atoms with Crippen LogP contribution in [0.25, 0.3) is 0 Å². The van der Waals surface area contributed by atoms with Crippen LogP contribution in [-0.2, 0) is 9.53 Å². The molecule has 1 rings (SSSR count). The molecule has 0 radical (unpaired) electrons. The third-order valence-electron chi connectivity index (χ3n) is 2.38. The Labute approximate surface area is 78.8 Å². The molecule has 0 unspecified atom stereocenters. The van der Waals surface area contributed by atoms with Gasteiger partial charge in [0.1, 0.15) is 5.60 Å². The van der Waals surface area contributed by atoms with E-state index in [0.717, 1.165) is 0 Å².